The molecule has 4 aromatic carbocycles. The lowest BCUT2D eigenvalue weighted by Crippen LogP contribution is -2.36. The Hall–Kier alpha value is -3.66. The summed E-state index contributed by atoms with van der Waals surface area (Å²) in [5.74, 6) is -0.994. The minimum absolute atomic E-state index is 0.0785. The smallest absolute Gasteiger partial charge is 0.146 e. The Balaban J connectivity index is 1.97. The third-order valence-electron chi connectivity index (χ3n) is 6.09. The number of nitrogens with two attached hydrogens (primary N) is 2. The van der Waals surface area contributed by atoms with Crippen LogP contribution in [-0.4, -0.2) is 0 Å². The number of nitrogen functional groups attached to an aromatic ring is 2. The molecule has 4 aromatic rings. The maximum absolute atomic E-state index is 14.7. The molecule has 5 rings (SSSR count). The molecule has 0 saturated heterocycles. The molecule has 4 heteroatoms. The van der Waals surface area contributed by atoms with Crippen molar-refractivity contribution in [2.45, 2.75) is 11.8 Å². The minimum atomic E-state index is -0.894. The summed E-state index contributed by atoms with van der Waals surface area (Å²) < 4.78 is 29.4. The highest BCUT2D eigenvalue weighted by atomic mass is 19.1. The van der Waals surface area contributed by atoms with Gasteiger partial charge < -0.3 is 11.5 Å². The van der Waals surface area contributed by atoms with E-state index in [0.717, 1.165) is 28.7 Å². The van der Waals surface area contributed by atoms with Gasteiger partial charge >= 0.3 is 0 Å². The molecule has 0 unspecified atom stereocenters. The van der Waals surface area contributed by atoms with E-state index in [1.54, 1.807) is 12.1 Å². The van der Waals surface area contributed by atoms with Crippen LogP contribution in [0.5, 0.6) is 0 Å². The summed E-state index contributed by atoms with van der Waals surface area (Å²) in [5.41, 5.74) is 16.4. The summed E-state index contributed by atoms with van der Waals surface area (Å²) in [6, 6.07) is 25.8. The third kappa shape index (κ3) is 2.53. The molecule has 0 fully saturated rings. The first-order valence-corrected chi connectivity index (χ1v) is 9.79. The molecule has 0 aliphatic heterocycles. The van der Waals surface area contributed by atoms with E-state index in [0.29, 0.717) is 11.1 Å². The third-order valence-corrected chi connectivity index (χ3v) is 6.09. The van der Waals surface area contributed by atoms with Gasteiger partial charge in [0.15, 0.2) is 0 Å². The van der Waals surface area contributed by atoms with Gasteiger partial charge in [0.1, 0.15) is 11.6 Å². The predicted molar refractivity (Wildman–Crippen MR) is 116 cm³/mol. The van der Waals surface area contributed by atoms with E-state index in [4.69, 9.17) is 11.5 Å². The Morgan fingerprint density at radius 3 is 1.47 bits per heavy atom. The second-order valence-corrected chi connectivity index (χ2v) is 7.71. The van der Waals surface area contributed by atoms with Crippen LogP contribution in [0.25, 0.3) is 0 Å². The van der Waals surface area contributed by atoms with Crippen molar-refractivity contribution in [3.05, 3.63) is 130 Å². The van der Waals surface area contributed by atoms with Crippen molar-refractivity contribution in [3.8, 4) is 0 Å². The molecule has 0 radical (unpaired) electrons. The van der Waals surface area contributed by atoms with Crippen LogP contribution in [0.15, 0.2) is 84.9 Å². The fraction of sp³-hybridized carbons (Fsp3) is 0.0769. The first-order valence-electron chi connectivity index (χ1n) is 9.79. The van der Waals surface area contributed by atoms with Crippen molar-refractivity contribution >= 4 is 11.4 Å². The van der Waals surface area contributed by atoms with Gasteiger partial charge in [-0.2, -0.15) is 0 Å². The first kappa shape index (κ1) is 18.4. The topological polar surface area (TPSA) is 52.0 Å². The molecule has 0 heterocycles. The van der Waals surface area contributed by atoms with Gasteiger partial charge in [-0.25, -0.2) is 8.78 Å². The van der Waals surface area contributed by atoms with Gasteiger partial charge in [0, 0.05) is 0 Å². The molecule has 1 aliphatic rings. The number of anilines is 2. The van der Waals surface area contributed by atoms with Gasteiger partial charge in [-0.3, -0.25) is 0 Å². The maximum Gasteiger partial charge on any atom is 0.146 e. The number of benzene rings is 4. The van der Waals surface area contributed by atoms with Crippen LogP contribution < -0.4 is 11.5 Å². The summed E-state index contributed by atoms with van der Waals surface area (Å²) in [6.07, 6.45) is 0.753. The van der Waals surface area contributed by atoms with Gasteiger partial charge in [0.2, 0.25) is 0 Å². The van der Waals surface area contributed by atoms with Crippen LogP contribution in [0.4, 0.5) is 20.2 Å². The van der Waals surface area contributed by atoms with Crippen molar-refractivity contribution in [2.75, 3.05) is 11.5 Å². The van der Waals surface area contributed by atoms with E-state index in [9.17, 15) is 8.78 Å². The van der Waals surface area contributed by atoms with Gasteiger partial charge in [-0.05, 0) is 64.1 Å². The van der Waals surface area contributed by atoms with Crippen molar-refractivity contribution < 1.29 is 8.78 Å². The standard InChI is InChI=1S/C26H20F2N2/c27-22-14-18(9-11-24(22)29)26(19-10-12-25(30)23(28)15-19)20-7-3-1-5-16(20)13-17-6-2-4-8-21(17)26/h1-12,14-15H,13,29-30H2. The average molecular weight is 398 g/mol. The second-order valence-electron chi connectivity index (χ2n) is 7.71. The van der Waals surface area contributed by atoms with Crippen LogP contribution in [0, 0.1) is 11.6 Å². The van der Waals surface area contributed by atoms with Crippen molar-refractivity contribution in [1.29, 1.82) is 0 Å². The van der Waals surface area contributed by atoms with Gasteiger partial charge in [-0.15, -0.1) is 0 Å². The molecule has 30 heavy (non-hydrogen) atoms. The average Bonchev–Trinajstić information content (AvgIpc) is 2.76. The largest absolute Gasteiger partial charge is 0.396 e. The molecule has 4 N–H and O–H groups in total. The number of hydrogen-bond donors (Lipinski definition) is 2. The summed E-state index contributed by atoms with van der Waals surface area (Å²) in [7, 11) is 0. The molecule has 0 bridgehead atoms. The van der Waals surface area contributed by atoms with Crippen LogP contribution >= 0.6 is 0 Å². The first-order chi connectivity index (χ1) is 14.5. The molecule has 148 valence electrons. The molecular formula is C26H20F2N2. The van der Waals surface area contributed by atoms with E-state index in [1.165, 1.54) is 12.1 Å². The Kier molecular flexibility index (Phi) is 4.10. The van der Waals surface area contributed by atoms with Crippen LogP contribution in [0.2, 0.25) is 0 Å². The van der Waals surface area contributed by atoms with E-state index in [1.807, 2.05) is 48.5 Å². The number of fused-ring (bicyclic) bond motifs is 2. The zero-order chi connectivity index (χ0) is 20.9. The number of rotatable bonds is 2. The normalized spacial score (nSPS) is 14.1. The molecule has 2 nitrogen and oxygen atoms in total. The lowest BCUT2D eigenvalue weighted by Gasteiger charge is -2.42. The van der Waals surface area contributed by atoms with E-state index in [-0.39, 0.29) is 11.4 Å². The zero-order valence-corrected chi connectivity index (χ0v) is 16.2. The Morgan fingerprint density at radius 1 is 0.600 bits per heavy atom. The molecule has 0 aromatic heterocycles. The number of hydrogen-bond acceptors (Lipinski definition) is 2. The lowest BCUT2D eigenvalue weighted by atomic mass is 9.59. The summed E-state index contributed by atoms with van der Waals surface area (Å²) in [5, 5.41) is 0. The highest BCUT2D eigenvalue weighted by Gasteiger charge is 2.44. The van der Waals surface area contributed by atoms with Crippen LogP contribution in [-0.2, 0) is 11.8 Å². The van der Waals surface area contributed by atoms with Crippen molar-refractivity contribution in [2.24, 2.45) is 0 Å². The highest BCUT2D eigenvalue weighted by Crippen LogP contribution is 2.51. The second kappa shape index (κ2) is 6.70. The fourth-order valence-electron chi connectivity index (χ4n) is 4.74. The van der Waals surface area contributed by atoms with Crippen molar-refractivity contribution in [1.82, 2.24) is 0 Å². The summed E-state index contributed by atoms with van der Waals surface area (Å²) in [6.45, 7) is 0. The van der Waals surface area contributed by atoms with Crippen molar-refractivity contribution in [3.63, 3.8) is 0 Å². The molecule has 0 amide bonds. The quantitative estimate of drug-likeness (QED) is 0.390. The predicted octanol–water partition coefficient (Wildman–Crippen LogP) is 5.42. The maximum atomic E-state index is 14.7. The Bertz CT molecular complexity index is 1180. The van der Waals surface area contributed by atoms with Gasteiger partial charge in [-0.1, -0.05) is 60.7 Å². The molecule has 0 spiro atoms. The molecule has 0 atom stereocenters. The number of halogens is 2. The highest BCUT2D eigenvalue weighted by molar-refractivity contribution is 5.68. The van der Waals surface area contributed by atoms with Gasteiger partial charge in [0.05, 0.1) is 16.8 Å². The summed E-state index contributed by atoms with van der Waals surface area (Å²) >= 11 is 0. The fourth-order valence-corrected chi connectivity index (χ4v) is 4.74. The minimum Gasteiger partial charge on any atom is -0.396 e. The van der Waals surface area contributed by atoms with Crippen LogP contribution in [0.1, 0.15) is 33.4 Å². The summed E-state index contributed by atoms with van der Waals surface area (Å²) in [4.78, 5) is 0. The monoisotopic (exact) mass is 398 g/mol. The zero-order valence-electron chi connectivity index (χ0n) is 16.2. The van der Waals surface area contributed by atoms with Gasteiger partial charge in [0.25, 0.3) is 0 Å². The van der Waals surface area contributed by atoms with Crippen LogP contribution in [0.3, 0.4) is 0 Å². The SMILES string of the molecule is Nc1ccc(C2(c3ccc(N)c(F)c3)c3ccccc3Cc3ccccc32)cc1F. The van der Waals surface area contributed by atoms with E-state index in [2.05, 4.69) is 12.1 Å². The lowest BCUT2D eigenvalue weighted by molar-refractivity contribution is 0.612. The van der Waals surface area contributed by atoms with E-state index >= 15 is 0 Å². The molecular weight excluding hydrogens is 378 g/mol. The molecule has 1 aliphatic carbocycles. The Morgan fingerprint density at radius 2 is 1.03 bits per heavy atom. The Labute approximate surface area is 173 Å². The molecule has 0 saturated carbocycles. The van der Waals surface area contributed by atoms with E-state index < -0.39 is 17.0 Å².